The van der Waals surface area contributed by atoms with E-state index >= 15 is 0 Å². The Morgan fingerprint density at radius 1 is 0.758 bits per heavy atom. The van der Waals surface area contributed by atoms with Gasteiger partial charge in [0.05, 0.1) is 0 Å². The van der Waals surface area contributed by atoms with Crippen molar-refractivity contribution in [2.75, 3.05) is 6.54 Å². The molecule has 2 amide bonds. The summed E-state index contributed by atoms with van der Waals surface area (Å²) in [6, 6.07) is -1.32. The fourth-order valence-corrected chi connectivity index (χ4v) is 5.17. The van der Waals surface area contributed by atoms with Crippen LogP contribution in [0.1, 0.15) is 67.2 Å². The molecule has 2 bridgehead atoms. The predicted octanol–water partition coefficient (Wildman–Crippen LogP) is 3.19. The lowest BCUT2D eigenvalue weighted by Gasteiger charge is -2.34. The number of rotatable bonds is 2. The first kappa shape index (κ1) is 25.1. The number of aliphatic carboxylic acids is 2. The van der Waals surface area contributed by atoms with Gasteiger partial charge in [0.25, 0.3) is 0 Å². The van der Waals surface area contributed by atoms with Crippen LogP contribution in [0.4, 0.5) is 9.59 Å². The summed E-state index contributed by atoms with van der Waals surface area (Å²) in [6.45, 7) is 11.2. The van der Waals surface area contributed by atoms with Crippen molar-refractivity contribution >= 4 is 24.1 Å². The maximum atomic E-state index is 12.0. The van der Waals surface area contributed by atoms with Gasteiger partial charge in [0.1, 0.15) is 23.3 Å². The van der Waals surface area contributed by atoms with E-state index < -0.39 is 47.4 Å². The standard InChI is InChI=1S/C12H19NO4.C11H17NO4/c1-12(2,3)17-11(16)13-8-5-4-7(6-8)9(13)10(14)15;1-11(2,3)16-10(15)12-5-6-4-7(6)8(12)9(13)14/h7-9H,4-6H2,1-3H3,(H,14,15);6-8H,4-5H2,1-3H3,(H,13,14). The third kappa shape index (κ3) is 5.70. The highest BCUT2D eigenvalue weighted by atomic mass is 16.6. The monoisotopic (exact) mass is 468 g/mol. The maximum Gasteiger partial charge on any atom is 0.411 e. The lowest BCUT2D eigenvalue weighted by Crippen LogP contribution is -2.50. The van der Waals surface area contributed by atoms with Crippen LogP contribution in [0, 0.1) is 17.8 Å². The van der Waals surface area contributed by atoms with Crippen molar-refractivity contribution in [3.8, 4) is 0 Å². The molecule has 2 heterocycles. The molecule has 2 N–H and O–H groups in total. The van der Waals surface area contributed by atoms with E-state index in [1.165, 1.54) is 9.80 Å². The van der Waals surface area contributed by atoms with E-state index in [0.717, 1.165) is 25.7 Å². The molecule has 2 saturated heterocycles. The largest absolute Gasteiger partial charge is 0.480 e. The molecule has 4 fully saturated rings. The molecular weight excluding hydrogens is 432 g/mol. The average molecular weight is 469 g/mol. The van der Waals surface area contributed by atoms with Crippen molar-refractivity contribution in [3.05, 3.63) is 0 Å². The fraction of sp³-hybridized carbons (Fsp3) is 0.826. The SMILES string of the molecule is CC(C)(C)OC(=O)N1C2CCC(C2)C1C(=O)O.CC(C)(C)OC(=O)N1CC2CC2C1C(=O)O. The summed E-state index contributed by atoms with van der Waals surface area (Å²) in [7, 11) is 0. The van der Waals surface area contributed by atoms with Crippen molar-refractivity contribution in [1.82, 2.24) is 9.80 Å². The van der Waals surface area contributed by atoms with E-state index in [0.29, 0.717) is 12.5 Å². The van der Waals surface area contributed by atoms with Gasteiger partial charge in [-0.25, -0.2) is 19.2 Å². The number of carboxylic acids is 2. The van der Waals surface area contributed by atoms with Crippen molar-refractivity contribution in [2.45, 2.75) is 96.6 Å². The lowest BCUT2D eigenvalue weighted by molar-refractivity contribution is -0.145. The zero-order valence-corrected chi connectivity index (χ0v) is 20.2. The first-order valence-electron chi connectivity index (χ1n) is 11.6. The molecule has 33 heavy (non-hydrogen) atoms. The van der Waals surface area contributed by atoms with E-state index in [9.17, 15) is 24.3 Å². The highest BCUT2D eigenvalue weighted by Gasteiger charge is 2.58. The van der Waals surface area contributed by atoms with E-state index in [1.54, 1.807) is 41.5 Å². The van der Waals surface area contributed by atoms with Crippen molar-refractivity contribution < 1.29 is 38.9 Å². The van der Waals surface area contributed by atoms with E-state index in [4.69, 9.17) is 14.6 Å². The molecule has 0 spiro atoms. The van der Waals surface area contributed by atoms with Crippen LogP contribution in [0.2, 0.25) is 0 Å². The smallest absolute Gasteiger partial charge is 0.411 e. The zero-order valence-electron chi connectivity index (χ0n) is 20.2. The van der Waals surface area contributed by atoms with Crippen molar-refractivity contribution in [3.63, 3.8) is 0 Å². The summed E-state index contributed by atoms with van der Waals surface area (Å²) in [5.41, 5.74) is -1.16. The molecule has 2 aliphatic carbocycles. The number of likely N-dealkylation sites (tertiary alicyclic amines) is 2. The summed E-state index contributed by atoms with van der Waals surface area (Å²) in [6.07, 6.45) is 2.53. The third-order valence-corrected chi connectivity index (χ3v) is 6.47. The highest BCUT2D eigenvalue weighted by molar-refractivity contribution is 5.82. The Labute approximate surface area is 194 Å². The second-order valence-corrected chi connectivity index (χ2v) is 11.5. The number of piperidine rings is 2. The molecule has 10 nitrogen and oxygen atoms in total. The van der Waals surface area contributed by atoms with Gasteiger partial charge in [-0.2, -0.15) is 0 Å². The van der Waals surface area contributed by atoms with Crippen LogP contribution >= 0.6 is 0 Å². The molecule has 4 rings (SSSR count). The normalized spacial score (nSPS) is 31.9. The first-order valence-corrected chi connectivity index (χ1v) is 11.6. The molecule has 0 aromatic rings. The summed E-state index contributed by atoms with van der Waals surface area (Å²) in [5, 5.41) is 18.3. The molecule has 6 atom stereocenters. The third-order valence-electron chi connectivity index (χ3n) is 6.47. The molecule has 6 unspecified atom stereocenters. The van der Waals surface area contributed by atoms with Gasteiger partial charge in [0, 0.05) is 12.6 Å². The molecule has 2 saturated carbocycles. The van der Waals surface area contributed by atoms with Gasteiger partial charge in [0.15, 0.2) is 0 Å². The predicted molar refractivity (Wildman–Crippen MR) is 117 cm³/mol. The number of ether oxygens (including phenoxy) is 2. The number of carbonyl (C=O) groups is 4. The molecular formula is C23H36N2O8. The molecule has 2 aliphatic heterocycles. The van der Waals surface area contributed by atoms with Crippen molar-refractivity contribution in [1.29, 1.82) is 0 Å². The Morgan fingerprint density at radius 2 is 1.30 bits per heavy atom. The topological polar surface area (TPSA) is 134 Å². The summed E-state index contributed by atoms with van der Waals surface area (Å²) in [5.74, 6) is -1.22. The van der Waals surface area contributed by atoms with E-state index in [-0.39, 0.29) is 17.9 Å². The van der Waals surface area contributed by atoms with Crippen LogP contribution in [0.25, 0.3) is 0 Å². The van der Waals surface area contributed by atoms with Crippen LogP contribution in [0.5, 0.6) is 0 Å². The molecule has 0 radical (unpaired) electrons. The average Bonchev–Trinajstić information content (AvgIpc) is 3.02. The minimum Gasteiger partial charge on any atom is -0.480 e. The lowest BCUT2D eigenvalue weighted by atomic mass is 9.99. The Bertz CT molecular complexity index is 814. The van der Waals surface area contributed by atoms with Crippen LogP contribution < -0.4 is 0 Å². The first-order chi connectivity index (χ1) is 15.1. The second kappa shape index (κ2) is 8.68. The van der Waals surface area contributed by atoms with Crippen LogP contribution in [0.15, 0.2) is 0 Å². The maximum absolute atomic E-state index is 12.0. The van der Waals surface area contributed by atoms with Gasteiger partial charge in [-0.1, -0.05) is 0 Å². The second-order valence-electron chi connectivity index (χ2n) is 11.5. The van der Waals surface area contributed by atoms with Crippen LogP contribution in [0.3, 0.4) is 0 Å². The van der Waals surface area contributed by atoms with Gasteiger partial charge in [0.2, 0.25) is 0 Å². The van der Waals surface area contributed by atoms with Gasteiger partial charge in [-0.05, 0) is 85.0 Å². The van der Waals surface area contributed by atoms with Crippen molar-refractivity contribution in [2.24, 2.45) is 17.8 Å². The number of carboxylic acid groups (broad SMARTS) is 2. The Hall–Kier alpha value is -2.52. The highest BCUT2D eigenvalue weighted by Crippen LogP contribution is 2.49. The summed E-state index contributed by atoms with van der Waals surface area (Å²) in [4.78, 5) is 48.9. The Kier molecular flexibility index (Phi) is 6.61. The van der Waals surface area contributed by atoms with Crippen LogP contribution in [-0.4, -0.2) is 80.0 Å². The van der Waals surface area contributed by atoms with Crippen LogP contribution in [-0.2, 0) is 19.1 Å². The summed E-state index contributed by atoms with van der Waals surface area (Å²) >= 11 is 0. The molecule has 10 heteroatoms. The molecule has 4 aliphatic rings. The Morgan fingerprint density at radius 3 is 1.82 bits per heavy atom. The van der Waals surface area contributed by atoms with E-state index in [1.807, 2.05) is 0 Å². The number of fused-ring (bicyclic) bond motifs is 3. The fourth-order valence-electron chi connectivity index (χ4n) is 5.17. The zero-order chi connectivity index (χ0) is 24.9. The number of nitrogens with zero attached hydrogens (tertiary/aromatic N) is 2. The van der Waals surface area contributed by atoms with E-state index in [2.05, 4.69) is 0 Å². The van der Waals surface area contributed by atoms with Gasteiger partial charge in [-0.3, -0.25) is 9.80 Å². The molecule has 0 aromatic heterocycles. The molecule has 0 aromatic carbocycles. The minimum absolute atomic E-state index is 0.0518. The number of hydrogen-bond acceptors (Lipinski definition) is 6. The molecule has 186 valence electrons. The summed E-state index contributed by atoms with van der Waals surface area (Å²) < 4.78 is 10.5. The van der Waals surface area contributed by atoms with Gasteiger partial charge in [-0.15, -0.1) is 0 Å². The van der Waals surface area contributed by atoms with Gasteiger partial charge < -0.3 is 19.7 Å². The quantitative estimate of drug-likeness (QED) is 0.631. The number of hydrogen-bond donors (Lipinski definition) is 2. The van der Waals surface area contributed by atoms with Gasteiger partial charge >= 0.3 is 24.1 Å². The minimum atomic E-state index is -0.921. The Balaban J connectivity index is 0.000000186. The number of carbonyl (C=O) groups excluding carboxylic acids is 2. The number of amides is 2.